The number of rotatable bonds is 4. The van der Waals surface area contributed by atoms with Gasteiger partial charge in [0, 0.05) is 38.5 Å². The molecule has 0 saturated carbocycles. The second kappa shape index (κ2) is 9.97. The molecule has 0 spiro atoms. The molecule has 0 saturated heterocycles. The van der Waals surface area contributed by atoms with Gasteiger partial charge in [-0.3, -0.25) is 9.59 Å². The van der Waals surface area contributed by atoms with Gasteiger partial charge in [-0.2, -0.15) is 13.2 Å². The third-order valence-corrected chi connectivity index (χ3v) is 4.37. The maximum absolute atomic E-state index is 13.7. The number of carbonyl (C=O) groups excluding carboxylic acids is 1. The van der Waals surface area contributed by atoms with Crippen LogP contribution in [0.5, 0.6) is 0 Å². The summed E-state index contributed by atoms with van der Waals surface area (Å²) in [7, 11) is 0. The van der Waals surface area contributed by atoms with E-state index < -0.39 is 47.4 Å². The van der Waals surface area contributed by atoms with Crippen LogP contribution in [0, 0.1) is 17.5 Å². The Morgan fingerprint density at radius 3 is 2.31 bits per heavy atom. The van der Waals surface area contributed by atoms with Gasteiger partial charge in [0.1, 0.15) is 5.82 Å². The predicted molar refractivity (Wildman–Crippen MR) is 96.4 cm³/mol. The van der Waals surface area contributed by atoms with Gasteiger partial charge in [0.25, 0.3) is 5.97 Å². The van der Waals surface area contributed by atoms with Gasteiger partial charge >= 0.3 is 6.18 Å². The van der Waals surface area contributed by atoms with Crippen molar-refractivity contribution in [2.24, 2.45) is 5.73 Å². The van der Waals surface area contributed by atoms with Crippen LogP contribution in [0.2, 0.25) is 0 Å². The number of hydrogen-bond acceptors (Lipinski definition) is 5. The molecule has 176 valence electrons. The fraction of sp³-hybridized carbons (Fsp3) is 0.444. The number of fused-ring (bicyclic) bond motifs is 1. The highest BCUT2D eigenvalue weighted by molar-refractivity contribution is 5.76. The van der Waals surface area contributed by atoms with Crippen LogP contribution in [0.15, 0.2) is 12.1 Å². The first-order valence-electron chi connectivity index (χ1n) is 9.15. The number of hydrogen-bond donors (Lipinski definition) is 2. The zero-order valence-electron chi connectivity index (χ0n) is 16.7. The number of carboxylic acids is 1. The second-order valence-corrected chi connectivity index (χ2v) is 6.95. The van der Waals surface area contributed by atoms with Crippen molar-refractivity contribution < 1.29 is 41.0 Å². The molecule has 0 unspecified atom stereocenters. The van der Waals surface area contributed by atoms with Gasteiger partial charge < -0.3 is 20.3 Å². The molecule has 0 fully saturated rings. The Labute approximate surface area is 177 Å². The van der Waals surface area contributed by atoms with E-state index in [-0.39, 0.29) is 43.9 Å². The number of amides is 1. The summed E-state index contributed by atoms with van der Waals surface area (Å²) in [5.74, 6) is -5.98. The molecular formula is C18H19F6N5O3. The molecule has 1 aromatic heterocycles. The van der Waals surface area contributed by atoms with Crippen molar-refractivity contribution in [3.05, 3.63) is 46.8 Å². The lowest BCUT2D eigenvalue weighted by molar-refractivity contribution is -0.148. The van der Waals surface area contributed by atoms with Crippen molar-refractivity contribution >= 4 is 11.9 Å². The van der Waals surface area contributed by atoms with E-state index >= 15 is 0 Å². The van der Waals surface area contributed by atoms with Crippen molar-refractivity contribution in [3.63, 3.8) is 0 Å². The molecule has 0 radical (unpaired) electrons. The van der Waals surface area contributed by atoms with Crippen molar-refractivity contribution in [3.8, 4) is 0 Å². The summed E-state index contributed by atoms with van der Waals surface area (Å²) in [5.41, 5.74) is 5.64. The quantitative estimate of drug-likeness (QED) is 0.526. The number of nitrogens with zero attached hydrogens (tertiary/aromatic N) is 4. The number of alkyl halides is 3. The Balaban J connectivity index is 0.000000837. The number of aliphatic carboxylic acids is 1. The number of carboxylic acid groups (broad SMARTS) is 1. The van der Waals surface area contributed by atoms with E-state index in [9.17, 15) is 31.1 Å². The first kappa shape index (κ1) is 25.1. The summed E-state index contributed by atoms with van der Waals surface area (Å²) in [4.78, 5) is 22.6. The molecule has 1 aromatic carbocycles. The van der Waals surface area contributed by atoms with Gasteiger partial charge in [-0.05, 0) is 18.1 Å². The van der Waals surface area contributed by atoms with E-state index in [1.165, 1.54) is 4.90 Å². The van der Waals surface area contributed by atoms with Gasteiger partial charge in [-0.1, -0.05) is 0 Å². The largest absolute Gasteiger partial charge is 0.481 e. The van der Waals surface area contributed by atoms with Gasteiger partial charge in [0.15, 0.2) is 17.5 Å². The van der Waals surface area contributed by atoms with Crippen molar-refractivity contribution in [2.45, 2.75) is 45.1 Å². The van der Waals surface area contributed by atoms with E-state index in [0.29, 0.717) is 12.1 Å². The number of halogens is 6. The van der Waals surface area contributed by atoms with Crippen LogP contribution in [-0.4, -0.2) is 49.2 Å². The summed E-state index contributed by atoms with van der Waals surface area (Å²) in [5, 5.41) is 14.0. The van der Waals surface area contributed by atoms with Crippen LogP contribution in [0.4, 0.5) is 26.3 Å². The molecule has 0 bridgehead atoms. The maximum Gasteiger partial charge on any atom is 0.451 e. The minimum Gasteiger partial charge on any atom is -0.481 e. The number of carbonyl (C=O) groups is 2. The molecule has 3 rings (SSSR count). The molecule has 1 aliphatic rings. The summed E-state index contributed by atoms with van der Waals surface area (Å²) in [6.07, 6.45) is -5.11. The van der Waals surface area contributed by atoms with Gasteiger partial charge in [0.05, 0.1) is 6.54 Å². The highest BCUT2D eigenvalue weighted by atomic mass is 19.4. The Hall–Kier alpha value is -3.16. The maximum atomic E-state index is 13.7. The molecule has 14 heteroatoms. The summed E-state index contributed by atoms with van der Waals surface area (Å²) < 4.78 is 79.3. The third-order valence-electron chi connectivity index (χ3n) is 4.37. The monoisotopic (exact) mass is 467 g/mol. The molecule has 1 atom stereocenters. The summed E-state index contributed by atoms with van der Waals surface area (Å²) >= 11 is 0. The van der Waals surface area contributed by atoms with Gasteiger partial charge in [-0.25, -0.2) is 13.2 Å². The molecule has 1 amide bonds. The van der Waals surface area contributed by atoms with E-state index in [0.717, 1.165) is 11.5 Å². The lowest BCUT2D eigenvalue weighted by atomic mass is 10.0. The van der Waals surface area contributed by atoms with Gasteiger partial charge in [0.2, 0.25) is 11.7 Å². The van der Waals surface area contributed by atoms with Crippen LogP contribution in [0.25, 0.3) is 0 Å². The van der Waals surface area contributed by atoms with E-state index in [1.807, 2.05) is 0 Å². The van der Waals surface area contributed by atoms with Crippen LogP contribution in [0.3, 0.4) is 0 Å². The van der Waals surface area contributed by atoms with Crippen LogP contribution >= 0.6 is 0 Å². The van der Waals surface area contributed by atoms with Crippen molar-refractivity contribution in [1.82, 2.24) is 19.7 Å². The lowest BCUT2D eigenvalue weighted by Crippen LogP contribution is -2.42. The number of aromatic nitrogens is 3. The topological polar surface area (TPSA) is 114 Å². The normalized spacial score (nSPS) is 14.3. The second-order valence-electron chi connectivity index (χ2n) is 6.95. The molecular weight excluding hydrogens is 448 g/mol. The number of benzene rings is 1. The first-order valence-corrected chi connectivity index (χ1v) is 9.15. The smallest absolute Gasteiger partial charge is 0.451 e. The Morgan fingerprint density at radius 1 is 1.12 bits per heavy atom. The molecule has 3 N–H and O–H groups in total. The molecule has 0 aliphatic carbocycles. The van der Waals surface area contributed by atoms with Crippen LogP contribution < -0.4 is 5.73 Å². The van der Waals surface area contributed by atoms with Crippen molar-refractivity contribution in [1.29, 1.82) is 0 Å². The van der Waals surface area contributed by atoms with E-state index in [4.69, 9.17) is 15.6 Å². The first-order chi connectivity index (χ1) is 14.8. The Bertz CT molecular complexity index is 990. The highest BCUT2D eigenvalue weighted by Gasteiger charge is 2.40. The van der Waals surface area contributed by atoms with Crippen molar-refractivity contribution in [2.75, 3.05) is 6.54 Å². The molecule has 32 heavy (non-hydrogen) atoms. The molecule has 2 heterocycles. The summed E-state index contributed by atoms with van der Waals surface area (Å²) in [6.45, 7) is 0.781. The molecule has 8 nitrogen and oxygen atoms in total. The number of nitrogens with two attached hydrogens (primary N) is 1. The highest BCUT2D eigenvalue weighted by Crippen LogP contribution is 2.29. The fourth-order valence-electron chi connectivity index (χ4n) is 3.01. The zero-order valence-corrected chi connectivity index (χ0v) is 16.7. The average Bonchev–Trinajstić information content (AvgIpc) is 3.09. The SMILES string of the molecule is CC(=O)O.N[C@@H](CC(=O)N1CCn2c(nnc2C(F)(F)F)C1)Cc1cc(F)c(F)cc1F. The standard InChI is InChI=1S/C16H15F6N5O.C2H4O2/c17-10-6-12(19)11(18)4-8(10)3-9(23)5-14(28)26-1-2-27-13(7-26)24-25-15(27)16(20,21)22;1-2(3)4/h4,6,9H,1-3,5,7,23H2;1H3,(H,3,4)/t9-;/m1./s1. The Kier molecular flexibility index (Phi) is 7.83. The lowest BCUT2D eigenvalue weighted by Gasteiger charge is -2.29. The molecule has 1 aliphatic heterocycles. The minimum absolute atomic E-state index is 0.000783. The Morgan fingerprint density at radius 2 is 1.72 bits per heavy atom. The summed E-state index contributed by atoms with van der Waals surface area (Å²) in [6, 6.07) is 0.184. The minimum atomic E-state index is -4.64. The fourth-order valence-corrected chi connectivity index (χ4v) is 3.01. The van der Waals surface area contributed by atoms with Crippen LogP contribution in [0.1, 0.15) is 30.6 Å². The van der Waals surface area contributed by atoms with Gasteiger partial charge in [-0.15, -0.1) is 10.2 Å². The average molecular weight is 467 g/mol. The predicted octanol–water partition coefficient (Wildman–Crippen LogP) is 2.11. The van der Waals surface area contributed by atoms with Crippen LogP contribution in [-0.2, 0) is 35.3 Å². The van der Waals surface area contributed by atoms with E-state index in [2.05, 4.69) is 10.2 Å². The third kappa shape index (κ3) is 6.42. The van der Waals surface area contributed by atoms with E-state index in [1.54, 1.807) is 0 Å². The molecule has 2 aromatic rings. The zero-order chi connectivity index (χ0) is 24.2.